The molecule has 0 saturated heterocycles. The van der Waals surface area contributed by atoms with Crippen molar-refractivity contribution in [1.29, 1.82) is 5.26 Å². The van der Waals surface area contributed by atoms with Gasteiger partial charge in [-0.15, -0.1) is 0 Å². The molecule has 0 aliphatic rings. The summed E-state index contributed by atoms with van der Waals surface area (Å²) in [5, 5.41) is 11.8. The van der Waals surface area contributed by atoms with E-state index < -0.39 is 0 Å². The topological polar surface area (TPSA) is 35.8 Å². The lowest BCUT2D eigenvalue weighted by atomic mass is 10.0. The summed E-state index contributed by atoms with van der Waals surface area (Å²) in [4.78, 5) is 0. The molecule has 1 unspecified atom stereocenters. The smallest absolute Gasteiger partial charge is 0.121 e. The zero-order chi connectivity index (χ0) is 10.4. The van der Waals surface area contributed by atoms with Crippen molar-refractivity contribution < 1.29 is 0 Å². The summed E-state index contributed by atoms with van der Waals surface area (Å²) in [6.07, 6.45) is 2.27. The molecule has 2 heteroatoms. The Labute approximate surface area is 85.6 Å². The van der Waals surface area contributed by atoms with Gasteiger partial charge in [-0.05, 0) is 24.6 Å². The fraction of sp³-hybridized carbons (Fsp3) is 0.417. The molecule has 74 valence electrons. The second kappa shape index (κ2) is 5.41. The van der Waals surface area contributed by atoms with Crippen molar-refractivity contribution in [3.05, 3.63) is 35.4 Å². The van der Waals surface area contributed by atoms with Crippen LogP contribution in [0, 0.1) is 11.3 Å². The summed E-state index contributed by atoms with van der Waals surface area (Å²) >= 11 is 0. The number of hydrogen-bond acceptors (Lipinski definition) is 2. The summed E-state index contributed by atoms with van der Waals surface area (Å²) in [5.41, 5.74) is 2.37. The van der Waals surface area contributed by atoms with Crippen molar-refractivity contribution in [2.75, 3.05) is 7.05 Å². The number of nitrogens with one attached hydrogen (secondary N) is 1. The molecular formula is C12H16N2. The van der Waals surface area contributed by atoms with E-state index in [0.29, 0.717) is 0 Å². The molecule has 1 aromatic rings. The van der Waals surface area contributed by atoms with Gasteiger partial charge in [-0.1, -0.05) is 37.6 Å². The molecule has 0 fully saturated rings. The number of nitriles is 1. The third kappa shape index (κ3) is 2.58. The summed E-state index contributed by atoms with van der Waals surface area (Å²) in [7, 11) is 1.80. The Morgan fingerprint density at radius 3 is 2.43 bits per heavy atom. The molecule has 0 spiro atoms. The first-order valence-electron chi connectivity index (χ1n) is 4.97. The van der Waals surface area contributed by atoms with E-state index >= 15 is 0 Å². The third-order valence-electron chi connectivity index (χ3n) is 2.27. The normalized spacial score (nSPS) is 12.1. The molecule has 0 aliphatic heterocycles. The minimum Gasteiger partial charge on any atom is -0.301 e. The fourth-order valence-electron chi connectivity index (χ4n) is 1.47. The van der Waals surface area contributed by atoms with Crippen LogP contribution in [0.4, 0.5) is 0 Å². The van der Waals surface area contributed by atoms with Crippen molar-refractivity contribution in [2.24, 2.45) is 0 Å². The predicted octanol–water partition coefficient (Wildman–Crippen LogP) is 2.42. The maximum Gasteiger partial charge on any atom is 0.121 e. The number of nitrogens with zero attached hydrogens (tertiary/aromatic N) is 1. The van der Waals surface area contributed by atoms with Crippen LogP contribution in [-0.2, 0) is 6.42 Å². The van der Waals surface area contributed by atoms with Gasteiger partial charge in [0.1, 0.15) is 6.04 Å². The molecule has 0 heterocycles. The SMILES string of the molecule is CCCc1ccc(C(C#N)NC)cc1. The highest BCUT2D eigenvalue weighted by Crippen LogP contribution is 2.13. The third-order valence-corrected chi connectivity index (χ3v) is 2.27. The van der Waals surface area contributed by atoms with E-state index in [1.807, 2.05) is 12.1 Å². The number of benzene rings is 1. The van der Waals surface area contributed by atoms with Gasteiger partial charge in [0.05, 0.1) is 6.07 Å². The van der Waals surface area contributed by atoms with Crippen LogP contribution < -0.4 is 5.32 Å². The van der Waals surface area contributed by atoms with Crippen LogP contribution >= 0.6 is 0 Å². The quantitative estimate of drug-likeness (QED) is 0.787. The van der Waals surface area contributed by atoms with Crippen molar-refractivity contribution in [3.63, 3.8) is 0 Å². The molecule has 1 atom stereocenters. The van der Waals surface area contributed by atoms with Crippen molar-refractivity contribution in [3.8, 4) is 6.07 Å². The van der Waals surface area contributed by atoms with Crippen LogP contribution in [0.1, 0.15) is 30.5 Å². The van der Waals surface area contributed by atoms with Crippen molar-refractivity contribution in [2.45, 2.75) is 25.8 Å². The Morgan fingerprint density at radius 2 is 2.00 bits per heavy atom. The highest BCUT2D eigenvalue weighted by Gasteiger charge is 2.05. The van der Waals surface area contributed by atoms with Gasteiger partial charge in [0.2, 0.25) is 0 Å². The molecule has 0 radical (unpaired) electrons. The zero-order valence-electron chi connectivity index (χ0n) is 8.75. The first-order valence-corrected chi connectivity index (χ1v) is 4.97. The van der Waals surface area contributed by atoms with E-state index in [1.165, 1.54) is 5.56 Å². The maximum atomic E-state index is 8.84. The van der Waals surface area contributed by atoms with Gasteiger partial charge in [-0.25, -0.2) is 0 Å². The first-order chi connectivity index (χ1) is 6.81. The van der Waals surface area contributed by atoms with Gasteiger partial charge in [0, 0.05) is 0 Å². The first kappa shape index (κ1) is 10.7. The van der Waals surface area contributed by atoms with E-state index in [2.05, 4.69) is 30.4 Å². The van der Waals surface area contributed by atoms with Gasteiger partial charge in [0.25, 0.3) is 0 Å². The summed E-state index contributed by atoms with van der Waals surface area (Å²) in [6, 6.07) is 10.3. The van der Waals surface area contributed by atoms with Gasteiger partial charge in [-0.3, -0.25) is 0 Å². The van der Waals surface area contributed by atoms with Crippen LogP contribution in [-0.4, -0.2) is 7.05 Å². The standard InChI is InChI=1S/C12H16N2/c1-3-4-10-5-7-11(8-6-10)12(9-13)14-2/h5-8,12,14H,3-4H2,1-2H3. The lowest BCUT2D eigenvalue weighted by Crippen LogP contribution is -2.13. The minimum absolute atomic E-state index is 0.189. The Hall–Kier alpha value is -1.33. The van der Waals surface area contributed by atoms with E-state index in [4.69, 9.17) is 5.26 Å². The van der Waals surface area contributed by atoms with Gasteiger partial charge in [-0.2, -0.15) is 5.26 Å². The van der Waals surface area contributed by atoms with Gasteiger partial charge < -0.3 is 5.32 Å². The lowest BCUT2D eigenvalue weighted by Gasteiger charge is -2.08. The molecule has 0 bridgehead atoms. The predicted molar refractivity (Wildman–Crippen MR) is 57.9 cm³/mol. The van der Waals surface area contributed by atoms with Crippen molar-refractivity contribution in [1.82, 2.24) is 5.32 Å². The average molecular weight is 188 g/mol. The monoisotopic (exact) mass is 188 g/mol. The minimum atomic E-state index is -0.189. The molecule has 0 aliphatic carbocycles. The van der Waals surface area contributed by atoms with Gasteiger partial charge in [0.15, 0.2) is 0 Å². The number of hydrogen-bond donors (Lipinski definition) is 1. The largest absolute Gasteiger partial charge is 0.301 e. The Balaban J connectivity index is 2.77. The Kier molecular flexibility index (Phi) is 4.15. The van der Waals surface area contributed by atoms with Crippen LogP contribution in [0.2, 0.25) is 0 Å². The molecule has 0 aromatic heterocycles. The van der Waals surface area contributed by atoms with E-state index in [9.17, 15) is 0 Å². The Bertz CT molecular complexity index is 308. The molecule has 0 saturated carbocycles. The molecule has 0 amide bonds. The highest BCUT2D eigenvalue weighted by molar-refractivity contribution is 5.28. The van der Waals surface area contributed by atoms with E-state index in [0.717, 1.165) is 18.4 Å². The summed E-state index contributed by atoms with van der Waals surface area (Å²) < 4.78 is 0. The maximum absolute atomic E-state index is 8.84. The van der Waals surface area contributed by atoms with Crippen LogP contribution in [0.25, 0.3) is 0 Å². The average Bonchev–Trinajstić information content (AvgIpc) is 2.23. The molecule has 14 heavy (non-hydrogen) atoms. The highest BCUT2D eigenvalue weighted by atomic mass is 14.9. The second-order valence-electron chi connectivity index (χ2n) is 3.34. The van der Waals surface area contributed by atoms with E-state index in [-0.39, 0.29) is 6.04 Å². The number of aryl methyl sites for hydroxylation is 1. The summed E-state index contributed by atoms with van der Waals surface area (Å²) in [6.45, 7) is 2.17. The molecule has 1 rings (SSSR count). The van der Waals surface area contributed by atoms with Crippen LogP contribution in [0.15, 0.2) is 24.3 Å². The number of rotatable bonds is 4. The van der Waals surface area contributed by atoms with Crippen LogP contribution in [0.5, 0.6) is 0 Å². The molecule has 2 nitrogen and oxygen atoms in total. The molecular weight excluding hydrogens is 172 g/mol. The summed E-state index contributed by atoms with van der Waals surface area (Å²) in [5.74, 6) is 0. The van der Waals surface area contributed by atoms with Crippen LogP contribution in [0.3, 0.4) is 0 Å². The van der Waals surface area contributed by atoms with Crippen molar-refractivity contribution >= 4 is 0 Å². The molecule has 1 N–H and O–H groups in total. The lowest BCUT2D eigenvalue weighted by molar-refractivity contribution is 0.726. The van der Waals surface area contributed by atoms with Gasteiger partial charge >= 0.3 is 0 Å². The fourth-order valence-corrected chi connectivity index (χ4v) is 1.47. The Morgan fingerprint density at radius 1 is 1.36 bits per heavy atom. The van der Waals surface area contributed by atoms with E-state index in [1.54, 1.807) is 7.05 Å². The molecule has 1 aromatic carbocycles. The zero-order valence-corrected chi connectivity index (χ0v) is 8.75. The second-order valence-corrected chi connectivity index (χ2v) is 3.34.